The van der Waals surface area contributed by atoms with Gasteiger partial charge in [0.15, 0.2) is 0 Å². The molecule has 138 valence electrons. The summed E-state index contributed by atoms with van der Waals surface area (Å²) in [6, 6.07) is 15.4. The number of hydrogen-bond acceptors (Lipinski definition) is 4. The molecule has 0 fully saturated rings. The van der Waals surface area contributed by atoms with Gasteiger partial charge in [-0.05, 0) is 36.2 Å². The second kappa shape index (κ2) is 8.60. The maximum absolute atomic E-state index is 12.3. The van der Waals surface area contributed by atoms with Crippen molar-refractivity contribution in [3.63, 3.8) is 0 Å². The number of carbonyl (C=O) groups excluding carboxylic acids is 2. The summed E-state index contributed by atoms with van der Waals surface area (Å²) in [4.78, 5) is 27.9. The molecule has 5 nitrogen and oxygen atoms in total. The largest absolute Gasteiger partial charge is 0.326 e. The summed E-state index contributed by atoms with van der Waals surface area (Å²) in [6.07, 6.45) is 1.23. The maximum atomic E-state index is 12.3. The van der Waals surface area contributed by atoms with E-state index in [0.29, 0.717) is 11.4 Å². The van der Waals surface area contributed by atoms with Crippen molar-refractivity contribution in [1.82, 2.24) is 4.98 Å². The molecule has 0 aliphatic rings. The van der Waals surface area contributed by atoms with E-state index in [1.54, 1.807) is 35.6 Å². The first-order valence-electron chi connectivity index (χ1n) is 8.74. The molecule has 1 heterocycles. The lowest BCUT2D eigenvalue weighted by molar-refractivity contribution is -0.116. The summed E-state index contributed by atoms with van der Waals surface area (Å²) < 4.78 is 0. The minimum absolute atomic E-state index is 0.125. The quantitative estimate of drug-likeness (QED) is 0.662. The molecule has 0 unspecified atom stereocenters. The zero-order valence-electron chi connectivity index (χ0n) is 15.3. The number of thiazole rings is 1. The van der Waals surface area contributed by atoms with Crippen LogP contribution in [0.1, 0.15) is 25.1 Å². The zero-order chi connectivity index (χ0) is 19.2. The number of amides is 2. The predicted molar refractivity (Wildman–Crippen MR) is 110 cm³/mol. The molecule has 2 N–H and O–H groups in total. The Morgan fingerprint density at radius 1 is 0.963 bits per heavy atom. The number of aromatic nitrogens is 1. The van der Waals surface area contributed by atoms with E-state index in [4.69, 9.17) is 0 Å². The Hall–Kier alpha value is -2.99. The molecule has 27 heavy (non-hydrogen) atoms. The first-order chi connectivity index (χ1) is 13.0. The molecule has 0 radical (unpaired) electrons. The Morgan fingerprint density at radius 2 is 1.59 bits per heavy atom. The molecule has 1 aromatic heterocycles. The Labute approximate surface area is 162 Å². The van der Waals surface area contributed by atoms with Gasteiger partial charge < -0.3 is 10.6 Å². The van der Waals surface area contributed by atoms with E-state index >= 15 is 0 Å². The van der Waals surface area contributed by atoms with Gasteiger partial charge in [-0.15, -0.1) is 11.3 Å². The highest BCUT2D eigenvalue weighted by molar-refractivity contribution is 7.13. The molecular weight excluding hydrogens is 358 g/mol. The molecule has 0 aliphatic carbocycles. The van der Waals surface area contributed by atoms with Crippen molar-refractivity contribution in [3.8, 4) is 10.6 Å². The van der Waals surface area contributed by atoms with Crippen molar-refractivity contribution in [2.24, 2.45) is 0 Å². The van der Waals surface area contributed by atoms with Gasteiger partial charge in [-0.1, -0.05) is 31.2 Å². The molecule has 6 heteroatoms. The smallest absolute Gasteiger partial charge is 0.230 e. The Balaban J connectivity index is 1.59. The van der Waals surface area contributed by atoms with E-state index in [1.165, 1.54) is 12.5 Å². The van der Waals surface area contributed by atoms with Crippen LogP contribution in [0.4, 0.5) is 11.4 Å². The minimum atomic E-state index is -0.129. The van der Waals surface area contributed by atoms with Gasteiger partial charge in [0.05, 0.1) is 12.1 Å². The van der Waals surface area contributed by atoms with Crippen LogP contribution in [0.25, 0.3) is 10.6 Å². The molecule has 3 rings (SSSR count). The molecule has 0 saturated carbocycles. The molecule has 0 spiro atoms. The van der Waals surface area contributed by atoms with Gasteiger partial charge in [0.25, 0.3) is 0 Å². The van der Waals surface area contributed by atoms with E-state index in [0.717, 1.165) is 22.7 Å². The summed E-state index contributed by atoms with van der Waals surface area (Å²) in [6.45, 7) is 3.58. The third-order valence-corrected chi connectivity index (χ3v) is 4.93. The lowest BCUT2D eigenvalue weighted by Crippen LogP contribution is -2.14. The number of carbonyl (C=O) groups is 2. The number of anilines is 2. The van der Waals surface area contributed by atoms with E-state index in [1.807, 2.05) is 5.38 Å². The van der Waals surface area contributed by atoms with Crippen LogP contribution in [-0.4, -0.2) is 16.8 Å². The molecule has 0 saturated heterocycles. The zero-order valence-corrected chi connectivity index (χ0v) is 16.1. The van der Waals surface area contributed by atoms with Crippen molar-refractivity contribution in [2.75, 3.05) is 10.6 Å². The van der Waals surface area contributed by atoms with Crippen LogP contribution >= 0.6 is 11.3 Å². The van der Waals surface area contributed by atoms with Crippen molar-refractivity contribution in [3.05, 3.63) is 65.2 Å². The molecule has 3 aromatic rings. The fourth-order valence-electron chi connectivity index (χ4n) is 2.61. The Bertz CT molecular complexity index is 931. The minimum Gasteiger partial charge on any atom is -0.326 e. The average molecular weight is 379 g/mol. The maximum Gasteiger partial charge on any atom is 0.230 e. The second-order valence-corrected chi connectivity index (χ2v) is 7.04. The van der Waals surface area contributed by atoms with Crippen molar-refractivity contribution in [1.29, 1.82) is 0 Å². The van der Waals surface area contributed by atoms with Crippen LogP contribution in [0, 0.1) is 0 Å². The fourth-order valence-corrected chi connectivity index (χ4v) is 3.44. The third-order valence-electron chi connectivity index (χ3n) is 3.99. The Morgan fingerprint density at radius 3 is 2.19 bits per heavy atom. The normalized spacial score (nSPS) is 10.4. The Kier molecular flexibility index (Phi) is 5.98. The first kappa shape index (κ1) is 18.8. The van der Waals surface area contributed by atoms with Crippen molar-refractivity contribution in [2.45, 2.75) is 26.7 Å². The lowest BCUT2D eigenvalue weighted by Gasteiger charge is -2.06. The van der Waals surface area contributed by atoms with Crippen LogP contribution in [0.3, 0.4) is 0 Å². The van der Waals surface area contributed by atoms with Crippen molar-refractivity contribution >= 4 is 34.5 Å². The van der Waals surface area contributed by atoms with Crippen LogP contribution in [0.2, 0.25) is 0 Å². The lowest BCUT2D eigenvalue weighted by atomic mass is 10.1. The van der Waals surface area contributed by atoms with Gasteiger partial charge in [-0.25, -0.2) is 4.98 Å². The molecule has 2 aromatic carbocycles. The summed E-state index contributed by atoms with van der Waals surface area (Å²) >= 11 is 1.54. The number of hydrogen-bond donors (Lipinski definition) is 2. The van der Waals surface area contributed by atoms with Crippen LogP contribution in [-0.2, 0) is 22.4 Å². The highest BCUT2D eigenvalue weighted by Gasteiger charge is 2.10. The monoisotopic (exact) mass is 379 g/mol. The number of nitrogens with zero attached hydrogens (tertiary/aromatic N) is 1. The molecule has 0 aliphatic heterocycles. The topological polar surface area (TPSA) is 71.1 Å². The first-order valence-corrected chi connectivity index (χ1v) is 9.62. The summed E-state index contributed by atoms with van der Waals surface area (Å²) in [7, 11) is 0. The molecule has 2 amide bonds. The molecule has 0 bridgehead atoms. The van der Waals surface area contributed by atoms with Gasteiger partial charge in [0.2, 0.25) is 11.8 Å². The van der Waals surface area contributed by atoms with Crippen molar-refractivity contribution < 1.29 is 9.59 Å². The summed E-state index contributed by atoms with van der Waals surface area (Å²) in [5.41, 5.74) is 4.48. The second-order valence-electron chi connectivity index (χ2n) is 6.18. The number of aryl methyl sites for hydroxylation is 1. The highest BCUT2D eigenvalue weighted by atomic mass is 32.1. The van der Waals surface area contributed by atoms with Gasteiger partial charge in [0.1, 0.15) is 5.01 Å². The fraction of sp³-hybridized carbons (Fsp3) is 0.190. The standard InChI is InChI=1S/C21H21N3O2S/c1-3-15-4-6-16(7-5-15)21-24-19(13-27-21)12-20(26)23-18-10-8-17(9-11-18)22-14(2)25/h4-11,13H,3,12H2,1-2H3,(H,22,25)(H,23,26). The summed E-state index contributed by atoms with van der Waals surface area (Å²) in [5, 5.41) is 8.37. The van der Waals surface area contributed by atoms with Gasteiger partial charge in [-0.3, -0.25) is 9.59 Å². The van der Waals surface area contributed by atoms with Crippen LogP contribution in [0.5, 0.6) is 0 Å². The average Bonchev–Trinajstić information content (AvgIpc) is 3.11. The predicted octanol–water partition coefficient (Wildman–Crippen LogP) is 4.51. The molecule has 0 atom stereocenters. The van der Waals surface area contributed by atoms with Crippen LogP contribution in [0.15, 0.2) is 53.9 Å². The number of benzene rings is 2. The number of rotatable bonds is 6. The van der Waals surface area contributed by atoms with Gasteiger partial charge in [-0.2, -0.15) is 0 Å². The third kappa shape index (κ3) is 5.24. The molecular formula is C21H21N3O2S. The SMILES string of the molecule is CCc1ccc(-c2nc(CC(=O)Nc3ccc(NC(C)=O)cc3)cs2)cc1. The number of nitrogens with one attached hydrogen (secondary N) is 2. The van der Waals surface area contributed by atoms with Gasteiger partial charge >= 0.3 is 0 Å². The van der Waals surface area contributed by atoms with Gasteiger partial charge in [0, 0.05) is 29.2 Å². The van der Waals surface area contributed by atoms with E-state index in [-0.39, 0.29) is 18.2 Å². The highest BCUT2D eigenvalue weighted by Crippen LogP contribution is 2.24. The van der Waals surface area contributed by atoms with Crippen LogP contribution < -0.4 is 10.6 Å². The van der Waals surface area contributed by atoms with E-state index in [9.17, 15) is 9.59 Å². The summed E-state index contributed by atoms with van der Waals surface area (Å²) in [5.74, 6) is -0.254. The van der Waals surface area contributed by atoms with E-state index < -0.39 is 0 Å². The van der Waals surface area contributed by atoms with E-state index in [2.05, 4.69) is 46.8 Å².